The first kappa shape index (κ1) is 12.1. The summed E-state index contributed by atoms with van der Waals surface area (Å²) in [7, 11) is 0. The molecule has 96 valence electrons. The van der Waals surface area contributed by atoms with E-state index in [0.717, 1.165) is 41.3 Å². The average Bonchev–Trinajstić information content (AvgIpc) is 2.89. The molecule has 18 heavy (non-hydrogen) atoms. The van der Waals surface area contributed by atoms with Crippen molar-refractivity contribution in [2.75, 3.05) is 18.0 Å². The second-order valence-corrected chi connectivity index (χ2v) is 6.52. The van der Waals surface area contributed by atoms with Gasteiger partial charge in [-0.05, 0) is 38.7 Å². The molecule has 2 aromatic heterocycles. The molecule has 0 N–H and O–H groups in total. The zero-order chi connectivity index (χ0) is 12.7. The van der Waals surface area contributed by atoms with Gasteiger partial charge in [-0.2, -0.15) is 0 Å². The lowest BCUT2D eigenvalue weighted by Gasteiger charge is -2.18. The van der Waals surface area contributed by atoms with E-state index < -0.39 is 0 Å². The fourth-order valence-corrected chi connectivity index (χ4v) is 4.94. The van der Waals surface area contributed by atoms with E-state index >= 15 is 0 Å². The molecule has 0 fully saturated rings. The maximum atomic E-state index is 12.3. The quantitative estimate of drug-likeness (QED) is 0.866. The van der Waals surface area contributed by atoms with Gasteiger partial charge in [-0.1, -0.05) is 11.3 Å². The standard InChI is InChI=1S/C13H16N2OS2/c1-3-15(4-2)13-14-11-10(12(16)18-13)8-6-5-7-9(8)17-11/h3-7H2,1-2H3. The summed E-state index contributed by atoms with van der Waals surface area (Å²) >= 11 is 3.02. The summed E-state index contributed by atoms with van der Waals surface area (Å²) in [6.45, 7) is 5.99. The van der Waals surface area contributed by atoms with Crippen LogP contribution in [0.25, 0.3) is 10.2 Å². The molecule has 2 aromatic rings. The van der Waals surface area contributed by atoms with Crippen LogP contribution in [0.1, 0.15) is 30.7 Å². The van der Waals surface area contributed by atoms with Gasteiger partial charge in [0.1, 0.15) is 4.83 Å². The zero-order valence-corrected chi connectivity index (χ0v) is 12.3. The van der Waals surface area contributed by atoms with Crippen molar-refractivity contribution in [3.8, 4) is 0 Å². The number of nitrogens with zero attached hydrogens (tertiary/aromatic N) is 2. The molecule has 0 radical (unpaired) electrons. The van der Waals surface area contributed by atoms with Crippen LogP contribution in [0.4, 0.5) is 5.13 Å². The van der Waals surface area contributed by atoms with Crippen molar-refractivity contribution in [2.24, 2.45) is 0 Å². The van der Waals surface area contributed by atoms with Crippen molar-refractivity contribution in [2.45, 2.75) is 33.1 Å². The van der Waals surface area contributed by atoms with Gasteiger partial charge >= 0.3 is 0 Å². The average molecular weight is 280 g/mol. The van der Waals surface area contributed by atoms with E-state index in [0.29, 0.717) is 0 Å². The number of thiophene rings is 1. The summed E-state index contributed by atoms with van der Waals surface area (Å²) < 4.78 is 0.196. The molecule has 0 saturated carbocycles. The van der Waals surface area contributed by atoms with Gasteiger partial charge < -0.3 is 4.90 Å². The second kappa shape index (κ2) is 4.63. The summed E-state index contributed by atoms with van der Waals surface area (Å²) in [5.41, 5.74) is 1.29. The molecule has 0 unspecified atom stereocenters. The lowest BCUT2D eigenvalue weighted by Crippen LogP contribution is -2.23. The van der Waals surface area contributed by atoms with Crippen LogP contribution in [0, 0.1) is 0 Å². The molecule has 0 amide bonds. The van der Waals surface area contributed by atoms with Gasteiger partial charge in [-0.25, -0.2) is 4.98 Å². The molecule has 0 aliphatic heterocycles. The maximum absolute atomic E-state index is 12.3. The van der Waals surface area contributed by atoms with Crippen LogP contribution in [-0.2, 0) is 12.8 Å². The van der Waals surface area contributed by atoms with Crippen LogP contribution in [0.5, 0.6) is 0 Å². The van der Waals surface area contributed by atoms with E-state index in [4.69, 9.17) is 4.98 Å². The van der Waals surface area contributed by atoms with Crippen molar-refractivity contribution in [1.29, 1.82) is 0 Å². The predicted molar refractivity (Wildman–Crippen MR) is 79.4 cm³/mol. The molecule has 3 nitrogen and oxygen atoms in total. The number of hydrogen-bond donors (Lipinski definition) is 0. The minimum Gasteiger partial charge on any atom is -0.349 e. The molecule has 1 aliphatic rings. The third-order valence-electron chi connectivity index (χ3n) is 3.52. The molecule has 0 saturated heterocycles. The van der Waals surface area contributed by atoms with E-state index in [1.807, 2.05) is 0 Å². The molecule has 3 rings (SSSR count). The van der Waals surface area contributed by atoms with Crippen LogP contribution in [-0.4, -0.2) is 18.1 Å². The first-order valence-corrected chi connectivity index (χ1v) is 8.08. The van der Waals surface area contributed by atoms with Crippen molar-refractivity contribution < 1.29 is 0 Å². The highest BCUT2D eigenvalue weighted by atomic mass is 32.1. The van der Waals surface area contributed by atoms with Crippen LogP contribution >= 0.6 is 22.7 Å². The molecular weight excluding hydrogens is 264 g/mol. The number of anilines is 1. The minimum absolute atomic E-state index is 0.196. The Bertz CT molecular complexity index is 640. The highest BCUT2D eigenvalue weighted by molar-refractivity contribution is 7.20. The summed E-state index contributed by atoms with van der Waals surface area (Å²) in [6.07, 6.45) is 3.38. The fraction of sp³-hybridized carbons (Fsp3) is 0.538. The van der Waals surface area contributed by atoms with Crippen LogP contribution in [0.15, 0.2) is 4.79 Å². The molecule has 0 aromatic carbocycles. The Balaban J connectivity index is 2.20. The van der Waals surface area contributed by atoms with Crippen molar-refractivity contribution in [3.05, 3.63) is 20.0 Å². The maximum Gasteiger partial charge on any atom is 0.246 e. The number of hydrogen-bond acceptors (Lipinski definition) is 5. The Morgan fingerprint density at radius 2 is 2.00 bits per heavy atom. The van der Waals surface area contributed by atoms with Crippen LogP contribution in [0.2, 0.25) is 0 Å². The lowest BCUT2D eigenvalue weighted by molar-refractivity contribution is 0.861. The molecule has 1 aliphatic carbocycles. The summed E-state index contributed by atoms with van der Waals surface area (Å²) in [5.74, 6) is 0. The second-order valence-electron chi connectivity index (χ2n) is 4.49. The Hall–Kier alpha value is -0.940. The summed E-state index contributed by atoms with van der Waals surface area (Å²) in [6, 6.07) is 0. The van der Waals surface area contributed by atoms with Gasteiger partial charge in [-0.15, -0.1) is 11.3 Å². The van der Waals surface area contributed by atoms with Gasteiger partial charge in [0.2, 0.25) is 4.74 Å². The largest absolute Gasteiger partial charge is 0.349 e. The Morgan fingerprint density at radius 1 is 1.22 bits per heavy atom. The zero-order valence-electron chi connectivity index (χ0n) is 10.7. The van der Waals surface area contributed by atoms with E-state index in [-0.39, 0.29) is 4.74 Å². The predicted octanol–water partition coefficient (Wildman–Crippen LogP) is 3.05. The smallest absolute Gasteiger partial charge is 0.246 e. The molecule has 0 spiro atoms. The van der Waals surface area contributed by atoms with Gasteiger partial charge in [0.25, 0.3) is 0 Å². The summed E-state index contributed by atoms with van der Waals surface area (Å²) in [4.78, 5) is 21.5. The van der Waals surface area contributed by atoms with Gasteiger partial charge in [-0.3, -0.25) is 4.79 Å². The fourth-order valence-electron chi connectivity index (χ4n) is 2.55. The number of aryl methyl sites for hydroxylation is 2. The normalized spacial score (nSPS) is 14.1. The van der Waals surface area contributed by atoms with Crippen LogP contribution < -0.4 is 9.64 Å². The Kier molecular flexibility index (Phi) is 3.11. The highest BCUT2D eigenvalue weighted by Gasteiger charge is 2.21. The minimum atomic E-state index is 0.196. The number of fused-ring (bicyclic) bond motifs is 3. The van der Waals surface area contributed by atoms with Gasteiger partial charge in [0, 0.05) is 18.0 Å². The Morgan fingerprint density at radius 3 is 2.72 bits per heavy atom. The lowest BCUT2D eigenvalue weighted by atomic mass is 10.2. The third-order valence-corrected chi connectivity index (χ3v) is 5.63. The van der Waals surface area contributed by atoms with Crippen molar-refractivity contribution in [3.63, 3.8) is 0 Å². The monoisotopic (exact) mass is 280 g/mol. The number of aromatic nitrogens is 1. The van der Waals surface area contributed by atoms with Gasteiger partial charge in [0.15, 0.2) is 5.13 Å². The first-order chi connectivity index (χ1) is 8.74. The molecule has 0 atom stereocenters. The van der Waals surface area contributed by atoms with E-state index in [1.54, 1.807) is 11.3 Å². The first-order valence-electron chi connectivity index (χ1n) is 6.45. The van der Waals surface area contributed by atoms with E-state index in [2.05, 4.69) is 18.7 Å². The molecule has 2 heterocycles. The SMILES string of the molecule is CCN(CC)c1nc2sc3c(c2c(=O)s1)CCC3. The Labute approximate surface area is 114 Å². The third kappa shape index (κ3) is 1.77. The topological polar surface area (TPSA) is 33.2 Å². The summed E-state index contributed by atoms with van der Waals surface area (Å²) in [5, 5.41) is 1.78. The van der Waals surface area contributed by atoms with Crippen LogP contribution in [0.3, 0.4) is 0 Å². The van der Waals surface area contributed by atoms with Crippen molar-refractivity contribution >= 4 is 38.0 Å². The van der Waals surface area contributed by atoms with E-state index in [9.17, 15) is 4.79 Å². The van der Waals surface area contributed by atoms with Gasteiger partial charge in [0.05, 0.1) is 5.39 Å². The molecular formula is C13H16N2OS2. The molecule has 0 bridgehead atoms. The van der Waals surface area contributed by atoms with E-state index in [1.165, 1.54) is 28.2 Å². The highest BCUT2D eigenvalue weighted by Crippen LogP contribution is 2.36. The molecule has 5 heteroatoms. The van der Waals surface area contributed by atoms with Crippen molar-refractivity contribution in [1.82, 2.24) is 4.98 Å². The number of rotatable bonds is 3.